The van der Waals surface area contributed by atoms with E-state index in [0.717, 1.165) is 43.3 Å². The van der Waals surface area contributed by atoms with Gasteiger partial charge in [-0.05, 0) is 73.1 Å². The average molecular weight is 386 g/mol. The minimum absolute atomic E-state index is 0.0154. The average Bonchev–Trinajstić information content (AvgIpc) is 2.47. The van der Waals surface area contributed by atoms with E-state index in [9.17, 15) is 0 Å². The van der Waals surface area contributed by atoms with Crippen molar-refractivity contribution in [2.75, 3.05) is 0 Å². The maximum Gasteiger partial charge on any atom is 0.0695 e. The first-order chi connectivity index (χ1) is 12.5. The van der Waals surface area contributed by atoms with Gasteiger partial charge in [0, 0.05) is 0 Å². The van der Waals surface area contributed by atoms with Gasteiger partial charge in [0.2, 0.25) is 0 Å². The highest BCUT2D eigenvalue weighted by atomic mass is 14.8. The Balaban J connectivity index is 5.67. The summed E-state index contributed by atoms with van der Waals surface area (Å²) in [5.41, 5.74) is 2.65. The van der Waals surface area contributed by atoms with Crippen molar-refractivity contribution in [1.82, 2.24) is 0 Å². The topological polar surface area (TPSA) is 12.4 Å². The molecule has 0 radical (unpaired) electrons. The Morgan fingerprint density at radius 1 is 0.929 bits per heavy atom. The molecule has 0 saturated carbocycles. The Morgan fingerprint density at radius 3 is 1.79 bits per heavy atom. The van der Waals surface area contributed by atoms with Gasteiger partial charge in [0.1, 0.15) is 0 Å². The van der Waals surface area contributed by atoms with E-state index in [4.69, 9.17) is 4.99 Å². The van der Waals surface area contributed by atoms with Crippen LogP contribution in [0.4, 0.5) is 0 Å². The third-order valence-corrected chi connectivity index (χ3v) is 5.89. The highest BCUT2D eigenvalue weighted by Crippen LogP contribution is 2.50. The van der Waals surface area contributed by atoms with Crippen molar-refractivity contribution in [3.05, 3.63) is 43.5 Å². The second-order valence-electron chi connectivity index (χ2n) is 11.7. The Labute approximate surface area is 176 Å². The van der Waals surface area contributed by atoms with Gasteiger partial charge in [-0.1, -0.05) is 85.8 Å². The molecule has 1 unspecified atom stereocenters. The van der Waals surface area contributed by atoms with Crippen molar-refractivity contribution in [3.63, 3.8) is 0 Å². The summed E-state index contributed by atoms with van der Waals surface area (Å²) in [4.78, 5) is 4.81. The van der Waals surface area contributed by atoms with Crippen LogP contribution < -0.4 is 0 Å². The van der Waals surface area contributed by atoms with E-state index in [1.54, 1.807) is 0 Å². The van der Waals surface area contributed by atoms with E-state index in [1.165, 1.54) is 0 Å². The second-order valence-corrected chi connectivity index (χ2v) is 11.7. The van der Waals surface area contributed by atoms with Crippen molar-refractivity contribution in [3.8, 4) is 0 Å². The van der Waals surface area contributed by atoms with Gasteiger partial charge in [-0.3, -0.25) is 0 Å². The number of nitrogens with zero attached hydrogens (tertiary/aromatic N) is 1. The first-order valence-electron chi connectivity index (χ1n) is 10.7. The van der Waals surface area contributed by atoms with Crippen LogP contribution in [-0.2, 0) is 0 Å². The normalized spacial score (nSPS) is 14.2. The third kappa shape index (κ3) is 8.78. The molecular formula is C27H47N. The van der Waals surface area contributed by atoms with Crippen molar-refractivity contribution >= 4 is 5.87 Å². The van der Waals surface area contributed by atoms with Gasteiger partial charge in [0.25, 0.3) is 0 Å². The van der Waals surface area contributed by atoms with Gasteiger partial charge in [-0.15, -0.1) is 6.58 Å². The summed E-state index contributed by atoms with van der Waals surface area (Å²) in [6.07, 6.45) is 7.34. The summed E-state index contributed by atoms with van der Waals surface area (Å²) >= 11 is 0. The van der Waals surface area contributed by atoms with Gasteiger partial charge in [-0.25, -0.2) is 4.99 Å². The number of allylic oxidation sites excluding steroid dienone is 3. The largest absolute Gasteiger partial charge is 0.239 e. The van der Waals surface area contributed by atoms with Crippen LogP contribution in [0.2, 0.25) is 0 Å². The van der Waals surface area contributed by atoms with Crippen molar-refractivity contribution in [2.45, 2.75) is 100 Å². The fourth-order valence-corrected chi connectivity index (χ4v) is 5.53. The maximum absolute atomic E-state index is 4.81. The molecule has 160 valence electrons. The number of aliphatic imine (C=N–C) groups is 1. The quantitative estimate of drug-likeness (QED) is 0.171. The number of hydrogen-bond acceptors (Lipinski definition) is 1. The van der Waals surface area contributed by atoms with Crippen LogP contribution in [0, 0.1) is 21.7 Å². The fraction of sp³-hybridized carbons (Fsp3) is 0.704. The molecule has 0 aromatic carbocycles. The van der Waals surface area contributed by atoms with Gasteiger partial charge in [0.05, 0.1) is 6.04 Å². The van der Waals surface area contributed by atoms with Gasteiger partial charge >= 0.3 is 0 Å². The predicted octanol–water partition coefficient (Wildman–Crippen LogP) is 8.58. The van der Waals surface area contributed by atoms with Crippen LogP contribution in [0.5, 0.6) is 0 Å². The van der Waals surface area contributed by atoms with Gasteiger partial charge in [-0.2, -0.15) is 0 Å². The van der Waals surface area contributed by atoms with Gasteiger partial charge < -0.3 is 0 Å². The zero-order valence-corrected chi connectivity index (χ0v) is 20.5. The summed E-state index contributed by atoms with van der Waals surface area (Å²) in [7, 11) is 0. The second kappa shape index (κ2) is 9.93. The van der Waals surface area contributed by atoms with Crippen LogP contribution in [-0.4, -0.2) is 11.9 Å². The minimum atomic E-state index is 0.0154. The molecule has 0 aliphatic carbocycles. The molecule has 0 amide bonds. The summed E-state index contributed by atoms with van der Waals surface area (Å²) in [5, 5.41) is 0. The van der Waals surface area contributed by atoms with Crippen molar-refractivity contribution in [1.29, 1.82) is 0 Å². The highest BCUT2D eigenvalue weighted by Gasteiger charge is 2.45. The molecule has 1 nitrogen and oxygen atoms in total. The molecular weight excluding hydrogens is 338 g/mol. The fourth-order valence-electron chi connectivity index (χ4n) is 5.53. The lowest BCUT2D eigenvalue weighted by atomic mass is 9.59. The van der Waals surface area contributed by atoms with Crippen molar-refractivity contribution < 1.29 is 0 Å². The molecule has 0 bridgehead atoms. The molecule has 28 heavy (non-hydrogen) atoms. The lowest BCUT2D eigenvalue weighted by molar-refractivity contribution is 0.0591. The van der Waals surface area contributed by atoms with E-state index in [0.29, 0.717) is 0 Å². The molecule has 0 aliphatic heterocycles. The molecule has 0 N–H and O–H groups in total. The predicted molar refractivity (Wildman–Crippen MR) is 129 cm³/mol. The zero-order chi connectivity index (χ0) is 22.4. The van der Waals surface area contributed by atoms with Crippen LogP contribution >= 0.6 is 0 Å². The molecule has 1 heteroatoms. The van der Waals surface area contributed by atoms with Gasteiger partial charge in [0.15, 0.2) is 0 Å². The van der Waals surface area contributed by atoms with Crippen LogP contribution in [0.3, 0.4) is 0 Å². The lowest BCUT2D eigenvalue weighted by Gasteiger charge is -2.47. The first kappa shape index (κ1) is 26.7. The third-order valence-electron chi connectivity index (χ3n) is 5.89. The summed E-state index contributed by atoms with van der Waals surface area (Å²) in [5.74, 6) is 2.88. The molecule has 0 heterocycles. The van der Waals surface area contributed by atoms with E-state index < -0.39 is 0 Å². The molecule has 0 fully saturated rings. The van der Waals surface area contributed by atoms with E-state index in [-0.39, 0.29) is 27.7 Å². The smallest absolute Gasteiger partial charge is 0.0695 e. The van der Waals surface area contributed by atoms with E-state index in [1.807, 2.05) is 13.0 Å². The highest BCUT2D eigenvalue weighted by molar-refractivity contribution is 5.47. The first-order valence-corrected chi connectivity index (χ1v) is 10.7. The zero-order valence-electron chi connectivity index (χ0n) is 20.5. The number of hydrogen-bond donors (Lipinski definition) is 0. The molecule has 0 saturated heterocycles. The molecule has 0 aromatic rings. The molecule has 0 aromatic heterocycles. The van der Waals surface area contributed by atoms with Crippen LogP contribution in [0.1, 0.15) is 94.4 Å². The minimum Gasteiger partial charge on any atom is -0.239 e. The van der Waals surface area contributed by atoms with Crippen LogP contribution in [0.15, 0.2) is 48.5 Å². The molecule has 0 spiro atoms. The Bertz CT molecular complexity index is 606. The lowest BCUT2D eigenvalue weighted by Crippen LogP contribution is -2.44. The van der Waals surface area contributed by atoms with E-state index in [2.05, 4.69) is 87.6 Å². The summed E-state index contributed by atoms with van der Waals surface area (Å²) < 4.78 is 0. The Kier molecular flexibility index (Phi) is 9.46. The van der Waals surface area contributed by atoms with E-state index >= 15 is 0 Å². The van der Waals surface area contributed by atoms with Crippen molar-refractivity contribution in [2.24, 2.45) is 26.7 Å². The van der Waals surface area contributed by atoms with Crippen LogP contribution in [0.25, 0.3) is 0 Å². The summed E-state index contributed by atoms with van der Waals surface area (Å²) in [6, 6.07) is 0.151. The Morgan fingerprint density at radius 2 is 1.39 bits per heavy atom. The molecule has 0 rings (SSSR count). The monoisotopic (exact) mass is 385 g/mol. The standard InChI is InChI=1S/C27H47N/c1-14-16-17-24(6,7)19-26(10,11)23(28-15-2)27(12,13)20-25(8,9)18-22(5)21(3)4/h14,23H,1-3,5,16-20H2,4,6-13H3. The Hall–Kier alpha value is -1.33. The molecule has 1 atom stereocenters. The summed E-state index contributed by atoms with van der Waals surface area (Å²) in [6.45, 7) is 36.8. The SMILES string of the molecule is C=C=NC(C(C)(C)CC(C)(C)CCC=C)C(C)(C)CC(C)(C)CC(=C)C(=C)C. The number of rotatable bonds is 13. The maximum atomic E-state index is 4.81. The molecule has 0 aliphatic rings.